The summed E-state index contributed by atoms with van der Waals surface area (Å²) < 4.78 is 67.4. The van der Waals surface area contributed by atoms with Gasteiger partial charge in [0.1, 0.15) is 0 Å². The van der Waals surface area contributed by atoms with Crippen molar-refractivity contribution in [3.05, 3.63) is 0 Å². The molecule has 2 atom stereocenters. The van der Waals surface area contributed by atoms with Gasteiger partial charge in [0, 0.05) is 6.61 Å². The lowest BCUT2D eigenvalue weighted by molar-refractivity contribution is -0.201. The van der Waals surface area contributed by atoms with Gasteiger partial charge in [-0.25, -0.2) is 13.2 Å². The molecule has 0 radical (unpaired) electrons. The molecule has 0 amide bonds. The van der Waals surface area contributed by atoms with Gasteiger partial charge >= 0.3 is 12.1 Å². The van der Waals surface area contributed by atoms with Gasteiger partial charge in [-0.05, 0) is 19.8 Å². The molecular formula is C9H14F3NO5S. The molecule has 0 saturated carbocycles. The van der Waals surface area contributed by atoms with E-state index in [0.29, 0.717) is 19.4 Å². The number of carbonyl (C=O) groups is 1. The van der Waals surface area contributed by atoms with E-state index in [0.717, 1.165) is 0 Å². The molecule has 0 bridgehead atoms. The van der Waals surface area contributed by atoms with Crippen LogP contribution in [0, 0.1) is 0 Å². The summed E-state index contributed by atoms with van der Waals surface area (Å²) in [5, 5.41) is 8.61. The Balaban J connectivity index is 2.87. The van der Waals surface area contributed by atoms with Gasteiger partial charge in [0.15, 0.2) is 0 Å². The smallest absolute Gasteiger partial charge is 0.418 e. The van der Waals surface area contributed by atoms with Gasteiger partial charge in [-0.3, -0.25) is 0 Å². The van der Waals surface area contributed by atoms with Crippen LogP contribution in [0.4, 0.5) is 13.2 Å². The minimum atomic E-state index is -5.25. The van der Waals surface area contributed by atoms with Gasteiger partial charge in [-0.2, -0.15) is 17.9 Å². The molecule has 2 unspecified atom stereocenters. The Hall–Kier alpha value is -0.870. The molecule has 0 aliphatic carbocycles. The van der Waals surface area contributed by atoms with E-state index < -0.39 is 39.6 Å². The van der Waals surface area contributed by atoms with E-state index in [1.807, 2.05) is 0 Å². The van der Waals surface area contributed by atoms with Gasteiger partial charge in [-0.1, -0.05) is 0 Å². The first-order chi connectivity index (χ1) is 8.48. The van der Waals surface area contributed by atoms with Gasteiger partial charge in [0.25, 0.3) is 0 Å². The quantitative estimate of drug-likeness (QED) is 0.771. The third kappa shape index (κ3) is 3.80. The van der Waals surface area contributed by atoms with Crippen LogP contribution in [-0.2, 0) is 19.6 Å². The zero-order valence-corrected chi connectivity index (χ0v) is 10.8. The minimum Gasteiger partial charge on any atom is -0.480 e. The number of halogens is 3. The van der Waals surface area contributed by atoms with Crippen LogP contribution in [0.15, 0.2) is 0 Å². The molecule has 1 aliphatic rings. The summed E-state index contributed by atoms with van der Waals surface area (Å²) in [5.74, 6) is -3.00. The second-order valence-electron chi connectivity index (χ2n) is 4.45. The molecule has 1 rings (SSSR count). The summed E-state index contributed by atoms with van der Waals surface area (Å²) in [7, 11) is -4.43. The lowest BCUT2D eigenvalue weighted by Gasteiger charge is -2.28. The SMILES string of the molecule is CC(NS(=O)(=O)CC1CCCO1)(C(=O)O)C(F)(F)F. The summed E-state index contributed by atoms with van der Waals surface area (Å²) in [5.41, 5.74) is -3.55. The standard InChI is InChI=1S/C9H14F3NO5S/c1-8(7(14)15,9(10,11)12)13-19(16,17)5-6-3-2-4-18-6/h6,13H,2-5H2,1H3,(H,14,15). The van der Waals surface area contributed by atoms with Crippen LogP contribution in [0.3, 0.4) is 0 Å². The lowest BCUT2D eigenvalue weighted by atomic mass is 10.0. The number of nitrogens with one attached hydrogen (secondary N) is 1. The van der Waals surface area contributed by atoms with Crippen LogP contribution in [0.25, 0.3) is 0 Å². The number of carboxylic acids is 1. The van der Waals surface area contributed by atoms with Crippen molar-refractivity contribution in [2.24, 2.45) is 0 Å². The summed E-state index contributed by atoms with van der Waals surface area (Å²) in [6.07, 6.45) is -4.92. The second kappa shape index (κ2) is 5.25. The molecule has 2 N–H and O–H groups in total. The summed E-state index contributed by atoms with van der Waals surface area (Å²) in [6, 6.07) is 0. The van der Waals surface area contributed by atoms with Crippen LogP contribution < -0.4 is 4.72 Å². The second-order valence-corrected chi connectivity index (χ2v) is 6.21. The van der Waals surface area contributed by atoms with Gasteiger partial charge in [0.2, 0.25) is 15.6 Å². The highest BCUT2D eigenvalue weighted by Gasteiger charge is 2.59. The van der Waals surface area contributed by atoms with Crippen molar-refractivity contribution < 1.29 is 36.2 Å². The van der Waals surface area contributed by atoms with Crippen molar-refractivity contribution in [2.75, 3.05) is 12.4 Å². The normalized spacial score (nSPS) is 24.1. The van der Waals surface area contributed by atoms with Crippen molar-refractivity contribution in [3.8, 4) is 0 Å². The van der Waals surface area contributed by atoms with E-state index in [1.165, 1.54) is 4.72 Å². The Bertz CT molecular complexity index is 443. The minimum absolute atomic E-state index is 0.266. The predicted molar refractivity (Wildman–Crippen MR) is 58.0 cm³/mol. The fourth-order valence-corrected chi connectivity index (χ4v) is 3.26. The van der Waals surface area contributed by atoms with Gasteiger partial charge in [-0.15, -0.1) is 0 Å². The number of carboxylic acid groups (broad SMARTS) is 1. The Morgan fingerprint density at radius 3 is 2.42 bits per heavy atom. The number of ether oxygens (including phenoxy) is 1. The summed E-state index contributed by atoms with van der Waals surface area (Å²) >= 11 is 0. The van der Waals surface area contributed by atoms with Crippen molar-refractivity contribution in [1.82, 2.24) is 4.72 Å². The number of sulfonamides is 1. The molecular weight excluding hydrogens is 291 g/mol. The van der Waals surface area contributed by atoms with Crippen molar-refractivity contribution >= 4 is 16.0 Å². The first-order valence-corrected chi connectivity index (χ1v) is 7.06. The monoisotopic (exact) mass is 305 g/mol. The molecule has 112 valence electrons. The molecule has 19 heavy (non-hydrogen) atoms. The average Bonchev–Trinajstić information content (AvgIpc) is 2.66. The molecule has 0 aromatic heterocycles. The molecule has 10 heteroatoms. The lowest BCUT2D eigenvalue weighted by Crippen LogP contribution is -2.62. The zero-order valence-electron chi connectivity index (χ0n) is 10.0. The molecule has 0 aromatic carbocycles. The first kappa shape index (κ1) is 16.2. The molecule has 1 saturated heterocycles. The highest BCUT2D eigenvalue weighted by Crippen LogP contribution is 2.31. The predicted octanol–water partition coefficient (Wildman–Crippen LogP) is 0.490. The van der Waals surface area contributed by atoms with Crippen LogP contribution >= 0.6 is 0 Å². The first-order valence-electron chi connectivity index (χ1n) is 5.41. The van der Waals surface area contributed by atoms with Gasteiger partial charge < -0.3 is 9.84 Å². The van der Waals surface area contributed by atoms with Crippen LogP contribution in [0.5, 0.6) is 0 Å². The van der Waals surface area contributed by atoms with Crippen LogP contribution in [0.2, 0.25) is 0 Å². The number of rotatable bonds is 5. The maximum Gasteiger partial charge on any atom is 0.418 e. The van der Waals surface area contributed by atoms with Crippen LogP contribution in [0.1, 0.15) is 19.8 Å². The van der Waals surface area contributed by atoms with Crippen molar-refractivity contribution in [1.29, 1.82) is 0 Å². The Kier molecular flexibility index (Phi) is 4.47. The van der Waals surface area contributed by atoms with Crippen molar-refractivity contribution in [3.63, 3.8) is 0 Å². The third-order valence-electron chi connectivity index (χ3n) is 2.78. The highest BCUT2D eigenvalue weighted by atomic mass is 32.2. The number of alkyl halides is 3. The van der Waals surface area contributed by atoms with Crippen molar-refractivity contribution in [2.45, 2.75) is 37.6 Å². The summed E-state index contributed by atoms with van der Waals surface area (Å²) in [6.45, 7) is 0.609. The third-order valence-corrected chi connectivity index (χ3v) is 4.31. The molecule has 0 aromatic rings. The van der Waals surface area contributed by atoms with E-state index in [-0.39, 0.29) is 6.92 Å². The fraction of sp³-hybridized carbons (Fsp3) is 0.889. The average molecular weight is 305 g/mol. The zero-order chi connectivity index (χ0) is 14.9. The maximum atomic E-state index is 12.7. The Morgan fingerprint density at radius 1 is 1.47 bits per heavy atom. The Labute approximate surface area is 108 Å². The van der Waals surface area contributed by atoms with Crippen LogP contribution in [-0.4, -0.2) is 49.7 Å². The molecule has 0 spiro atoms. The van der Waals surface area contributed by atoms with E-state index in [4.69, 9.17) is 9.84 Å². The topological polar surface area (TPSA) is 92.7 Å². The molecule has 1 fully saturated rings. The molecule has 1 aliphatic heterocycles. The molecule has 1 heterocycles. The maximum absolute atomic E-state index is 12.7. The number of hydrogen-bond acceptors (Lipinski definition) is 4. The fourth-order valence-electron chi connectivity index (χ4n) is 1.60. The Morgan fingerprint density at radius 2 is 2.05 bits per heavy atom. The van der Waals surface area contributed by atoms with E-state index >= 15 is 0 Å². The van der Waals surface area contributed by atoms with Gasteiger partial charge in [0.05, 0.1) is 11.9 Å². The number of aliphatic carboxylic acids is 1. The van der Waals surface area contributed by atoms with E-state index in [2.05, 4.69) is 0 Å². The number of hydrogen-bond donors (Lipinski definition) is 2. The van der Waals surface area contributed by atoms with E-state index in [9.17, 15) is 26.4 Å². The summed E-state index contributed by atoms with van der Waals surface area (Å²) in [4.78, 5) is 10.7. The van der Waals surface area contributed by atoms with E-state index in [1.54, 1.807) is 0 Å². The molecule has 6 nitrogen and oxygen atoms in total. The highest BCUT2D eigenvalue weighted by molar-refractivity contribution is 7.89. The largest absolute Gasteiger partial charge is 0.480 e.